The summed E-state index contributed by atoms with van der Waals surface area (Å²) in [6.07, 6.45) is 0. The molecule has 3 rings (SSSR count). The highest BCUT2D eigenvalue weighted by Gasteiger charge is 2.03. The maximum absolute atomic E-state index is 5.16. The fraction of sp³-hybridized carbons (Fsp3) is 0.111. The Labute approximate surface area is 134 Å². The molecule has 0 atom stereocenters. The van der Waals surface area contributed by atoms with Crippen LogP contribution >= 0.6 is 11.8 Å². The lowest BCUT2D eigenvalue weighted by Gasteiger charge is -2.04. The van der Waals surface area contributed by atoms with Gasteiger partial charge in [0.05, 0.1) is 12.8 Å². The van der Waals surface area contributed by atoms with Gasteiger partial charge in [0.2, 0.25) is 0 Å². The summed E-state index contributed by atoms with van der Waals surface area (Å²) in [6.45, 7) is 0. The van der Waals surface area contributed by atoms with Crippen molar-refractivity contribution in [3.05, 3.63) is 72.3 Å². The molecule has 3 aromatic rings. The molecular weight excluding hydrogens is 292 g/mol. The molecule has 0 radical (unpaired) electrons. The Bertz CT molecular complexity index is 712. The third kappa shape index (κ3) is 3.65. The van der Waals surface area contributed by atoms with Crippen LogP contribution in [-0.2, 0) is 5.75 Å². The minimum Gasteiger partial charge on any atom is -0.497 e. The lowest BCUT2D eigenvalue weighted by atomic mass is 10.1. The minimum absolute atomic E-state index is 0.840. The topological polar surface area (TPSA) is 35.0 Å². The molecule has 110 valence electrons. The van der Waals surface area contributed by atoms with Gasteiger partial charge in [-0.05, 0) is 42.0 Å². The molecule has 0 aliphatic rings. The van der Waals surface area contributed by atoms with Crippen LogP contribution in [0.25, 0.3) is 11.3 Å². The summed E-state index contributed by atoms with van der Waals surface area (Å²) in [4.78, 5) is 0. The van der Waals surface area contributed by atoms with E-state index in [1.54, 1.807) is 18.9 Å². The van der Waals surface area contributed by atoms with Crippen LogP contribution in [0.2, 0.25) is 0 Å². The summed E-state index contributed by atoms with van der Waals surface area (Å²) < 4.78 is 5.16. The molecule has 0 unspecified atom stereocenters. The minimum atomic E-state index is 0.840. The fourth-order valence-electron chi connectivity index (χ4n) is 2.04. The number of hydrogen-bond donors (Lipinski definition) is 0. The van der Waals surface area contributed by atoms with Crippen LogP contribution in [0, 0.1) is 0 Å². The summed E-state index contributed by atoms with van der Waals surface area (Å²) in [7, 11) is 1.66. The lowest BCUT2D eigenvalue weighted by Crippen LogP contribution is -1.90. The van der Waals surface area contributed by atoms with Crippen molar-refractivity contribution in [1.29, 1.82) is 0 Å². The highest BCUT2D eigenvalue weighted by molar-refractivity contribution is 7.98. The van der Waals surface area contributed by atoms with E-state index in [-0.39, 0.29) is 0 Å². The van der Waals surface area contributed by atoms with E-state index in [4.69, 9.17) is 4.74 Å². The smallest absolute Gasteiger partial charge is 0.119 e. The summed E-state index contributed by atoms with van der Waals surface area (Å²) >= 11 is 1.69. The summed E-state index contributed by atoms with van der Waals surface area (Å²) in [5, 5.41) is 9.53. The highest BCUT2D eigenvalue weighted by atomic mass is 32.2. The second kappa shape index (κ2) is 7.09. The predicted molar refractivity (Wildman–Crippen MR) is 90.0 cm³/mol. The van der Waals surface area contributed by atoms with Gasteiger partial charge >= 0.3 is 0 Å². The molecule has 0 bridgehead atoms. The quantitative estimate of drug-likeness (QED) is 0.653. The van der Waals surface area contributed by atoms with Gasteiger partial charge in [-0.3, -0.25) is 0 Å². The third-order valence-electron chi connectivity index (χ3n) is 3.26. The van der Waals surface area contributed by atoms with Crippen LogP contribution < -0.4 is 4.74 Å². The average Bonchev–Trinajstić information content (AvgIpc) is 2.61. The zero-order valence-corrected chi connectivity index (χ0v) is 13.1. The Hall–Kier alpha value is -2.33. The van der Waals surface area contributed by atoms with E-state index < -0.39 is 0 Å². The van der Waals surface area contributed by atoms with Crippen LogP contribution in [0.5, 0.6) is 5.75 Å². The van der Waals surface area contributed by atoms with Gasteiger partial charge in [-0.2, -0.15) is 0 Å². The van der Waals surface area contributed by atoms with Crippen molar-refractivity contribution in [3.8, 4) is 17.0 Å². The number of aromatic nitrogens is 2. The van der Waals surface area contributed by atoms with Gasteiger partial charge in [-0.1, -0.05) is 42.1 Å². The Morgan fingerprint density at radius 2 is 1.64 bits per heavy atom. The van der Waals surface area contributed by atoms with Crippen LogP contribution in [-0.4, -0.2) is 17.3 Å². The van der Waals surface area contributed by atoms with E-state index >= 15 is 0 Å². The zero-order valence-electron chi connectivity index (χ0n) is 12.3. The molecule has 0 amide bonds. The normalized spacial score (nSPS) is 10.4. The Morgan fingerprint density at radius 3 is 2.27 bits per heavy atom. The van der Waals surface area contributed by atoms with Gasteiger partial charge in [0, 0.05) is 11.3 Å². The van der Waals surface area contributed by atoms with Gasteiger partial charge < -0.3 is 4.74 Å². The maximum Gasteiger partial charge on any atom is 0.119 e. The second-order valence-electron chi connectivity index (χ2n) is 4.76. The third-order valence-corrected chi connectivity index (χ3v) is 4.25. The molecule has 0 saturated carbocycles. The van der Waals surface area contributed by atoms with Crippen molar-refractivity contribution in [2.24, 2.45) is 0 Å². The standard InChI is InChI=1S/C18H16N2OS/c1-21-16-9-7-15(8-10-16)17-11-12-18(20-19-17)22-13-14-5-3-2-4-6-14/h2-12H,13H2,1H3. The SMILES string of the molecule is COc1ccc(-c2ccc(SCc3ccccc3)nn2)cc1. The number of benzene rings is 2. The Morgan fingerprint density at radius 1 is 0.864 bits per heavy atom. The average molecular weight is 308 g/mol. The zero-order chi connectivity index (χ0) is 15.2. The number of hydrogen-bond acceptors (Lipinski definition) is 4. The largest absolute Gasteiger partial charge is 0.497 e. The van der Waals surface area contributed by atoms with Gasteiger partial charge in [-0.25, -0.2) is 0 Å². The summed E-state index contributed by atoms with van der Waals surface area (Å²) in [6, 6.07) is 22.2. The highest BCUT2D eigenvalue weighted by Crippen LogP contribution is 2.23. The molecule has 22 heavy (non-hydrogen) atoms. The fourth-order valence-corrected chi connectivity index (χ4v) is 2.81. The van der Waals surface area contributed by atoms with Crippen molar-refractivity contribution < 1.29 is 4.74 Å². The monoisotopic (exact) mass is 308 g/mol. The molecule has 1 aromatic heterocycles. The molecule has 0 N–H and O–H groups in total. The number of thioether (sulfide) groups is 1. The van der Waals surface area contributed by atoms with Crippen molar-refractivity contribution in [2.75, 3.05) is 7.11 Å². The van der Waals surface area contributed by atoms with Gasteiger partial charge in [0.15, 0.2) is 0 Å². The van der Waals surface area contributed by atoms with Crippen molar-refractivity contribution >= 4 is 11.8 Å². The Balaban J connectivity index is 1.67. The van der Waals surface area contributed by atoms with E-state index in [9.17, 15) is 0 Å². The molecule has 0 aliphatic heterocycles. The van der Waals surface area contributed by atoms with Crippen molar-refractivity contribution in [2.45, 2.75) is 10.8 Å². The number of rotatable bonds is 5. The lowest BCUT2D eigenvalue weighted by molar-refractivity contribution is 0.415. The van der Waals surface area contributed by atoms with E-state index in [1.807, 2.05) is 54.6 Å². The van der Waals surface area contributed by atoms with Crippen molar-refractivity contribution in [1.82, 2.24) is 10.2 Å². The molecule has 0 spiro atoms. The molecule has 3 nitrogen and oxygen atoms in total. The first-order valence-electron chi connectivity index (χ1n) is 7.00. The van der Waals surface area contributed by atoms with E-state index in [0.717, 1.165) is 27.8 Å². The van der Waals surface area contributed by atoms with Crippen LogP contribution in [0.15, 0.2) is 71.8 Å². The van der Waals surface area contributed by atoms with E-state index in [1.165, 1.54) is 5.56 Å². The van der Waals surface area contributed by atoms with Crippen LogP contribution in [0.4, 0.5) is 0 Å². The van der Waals surface area contributed by atoms with Gasteiger partial charge in [0.1, 0.15) is 10.8 Å². The maximum atomic E-state index is 5.16. The first-order chi connectivity index (χ1) is 10.8. The molecule has 0 aliphatic carbocycles. The molecule has 1 heterocycles. The van der Waals surface area contributed by atoms with Gasteiger partial charge in [0.25, 0.3) is 0 Å². The number of methoxy groups -OCH3 is 1. The van der Waals surface area contributed by atoms with Crippen LogP contribution in [0.3, 0.4) is 0 Å². The molecule has 4 heteroatoms. The van der Waals surface area contributed by atoms with Crippen LogP contribution in [0.1, 0.15) is 5.56 Å². The number of nitrogens with zero attached hydrogens (tertiary/aromatic N) is 2. The molecular formula is C18H16N2OS. The van der Waals surface area contributed by atoms with Crippen molar-refractivity contribution in [3.63, 3.8) is 0 Å². The molecule has 0 saturated heterocycles. The van der Waals surface area contributed by atoms with E-state index in [0.29, 0.717) is 0 Å². The number of ether oxygens (including phenoxy) is 1. The Kier molecular flexibility index (Phi) is 4.71. The molecule has 2 aromatic carbocycles. The second-order valence-corrected chi connectivity index (χ2v) is 5.76. The summed E-state index contributed by atoms with van der Waals surface area (Å²) in [5.41, 5.74) is 3.19. The predicted octanol–water partition coefficient (Wildman–Crippen LogP) is 4.44. The first-order valence-corrected chi connectivity index (χ1v) is 7.98. The summed E-state index contributed by atoms with van der Waals surface area (Å²) in [5.74, 6) is 1.74. The van der Waals surface area contributed by atoms with E-state index in [2.05, 4.69) is 22.3 Å². The van der Waals surface area contributed by atoms with Gasteiger partial charge in [-0.15, -0.1) is 10.2 Å². The first kappa shape index (κ1) is 14.6. The molecule has 0 fully saturated rings.